The maximum Gasteiger partial charge on any atom is 0.239 e. The largest absolute Gasteiger partial charge is 0.350 e. The van der Waals surface area contributed by atoms with E-state index in [4.69, 9.17) is 5.73 Å². The van der Waals surface area contributed by atoms with Gasteiger partial charge in [-0.3, -0.25) is 9.59 Å². The summed E-state index contributed by atoms with van der Waals surface area (Å²) in [5.41, 5.74) is 6.06. The predicted molar refractivity (Wildman–Crippen MR) is 86.2 cm³/mol. The molecule has 1 fully saturated rings. The van der Waals surface area contributed by atoms with Crippen molar-refractivity contribution in [3.8, 4) is 0 Å². The highest BCUT2D eigenvalue weighted by Gasteiger charge is 2.30. The molecule has 120 valence electrons. The minimum atomic E-state index is -0.884. The number of aryl methyl sites for hydroxylation is 1. The second-order valence-electron chi connectivity index (χ2n) is 6.51. The molecule has 5 heteroatoms. The highest BCUT2D eigenvalue weighted by atomic mass is 16.2. The first-order valence-electron chi connectivity index (χ1n) is 7.78. The number of amides is 2. The van der Waals surface area contributed by atoms with E-state index in [1.54, 1.807) is 13.8 Å². The van der Waals surface area contributed by atoms with Gasteiger partial charge in [-0.1, -0.05) is 30.3 Å². The van der Waals surface area contributed by atoms with Crippen molar-refractivity contribution in [1.29, 1.82) is 0 Å². The molecule has 0 bridgehead atoms. The molecule has 0 aliphatic carbocycles. The third-order valence-corrected chi connectivity index (χ3v) is 3.93. The smallest absolute Gasteiger partial charge is 0.239 e. The molecule has 0 spiro atoms. The van der Waals surface area contributed by atoms with Crippen LogP contribution in [0.5, 0.6) is 0 Å². The van der Waals surface area contributed by atoms with Crippen LogP contribution < -0.4 is 11.1 Å². The lowest BCUT2D eigenvalue weighted by Crippen LogP contribution is -2.52. The number of carbonyl (C=O) groups is 2. The second kappa shape index (κ2) is 6.92. The van der Waals surface area contributed by atoms with Gasteiger partial charge in [0.2, 0.25) is 11.8 Å². The zero-order chi connectivity index (χ0) is 16.2. The van der Waals surface area contributed by atoms with Crippen LogP contribution in [-0.4, -0.2) is 41.4 Å². The van der Waals surface area contributed by atoms with Gasteiger partial charge in [-0.05, 0) is 32.3 Å². The van der Waals surface area contributed by atoms with E-state index in [0.29, 0.717) is 19.5 Å². The van der Waals surface area contributed by atoms with Crippen LogP contribution in [0.2, 0.25) is 0 Å². The van der Waals surface area contributed by atoms with E-state index >= 15 is 0 Å². The van der Waals surface area contributed by atoms with Gasteiger partial charge in [-0.25, -0.2) is 0 Å². The Kier molecular flexibility index (Phi) is 5.19. The summed E-state index contributed by atoms with van der Waals surface area (Å²) in [5.74, 6) is -0.0244. The molecule has 3 N–H and O–H groups in total. The first-order valence-corrected chi connectivity index (χ1v) is 7.78. The normalized spacial score (nSPS) is 18.3. The first-order chi connectivity index (χ1) is 10.4. The van der Waals surface area contributed by atoms with Crippen LogP contribution in [0, 0.1) is 0 Å². The SMILES string of the molecule is CC(C)(N)C(=O)NC1CCN(C(=O)CCc2ccccc2)C1. The van der Waals surface area contributed by atoms with Crippen molar-refractivity contribution in [3.05, 3.63) is 35.9 Å². The molecule has 1 aromatic rings. The van der Waals surface area contributed by atoms with Crippen LogP contribution in [0.1, 0.15) is 32.3 Å². The summed E-state index contributed by atoms with van der Waals surface area (Å²) in [4.78, 5) is 25.9. The summed E-state index contributed by atoms with van der Waals surface area (Å²) < 4.78 is 0. The Balaban J connectivity index is 1.78. The molecule has 1 aromatic carbocycles. The molecular formula is C17H25N3O2. The van der Waals surface area contributed by atoms with Crippen LogP contribution in [-0.2, 0) is 16.0 Å². The Bertz CT molecular complexity index is 522. The van der Waals surface area contributed by atoms with Gasteiger partial charge in [0, 0.05) is 25.6 Å². The van der Waals surface area contributed by atoms with Crippen molar-refractivity contribution in [2.75, 3.05) is 13.1 Å². The molecule has 1 saturated heterocycles. The number of nitrogens with zero attached hydrogens (tertiary/aromatic N) is 1. The van der Waals surface area contributed by atoms with Crippen LogP contribution in [0.3, 0.4) is 0 Å². The van der Waals surface area contributed by atoms with E-state index < -0.39 is 5.54 Å². The Morgan fingerprint density at radius 1 is 1.32 bits per heavy atom. The van der Waals surface area contributed by atoms with Crippen LogP contribution >= 0.6 is 0 Å². The van der Waals surface area contributed by atoms with Crippen LogP contribution in [0.4, 0.5) is 0 Å². The Labute approximate surface area is 131 Å². The maximum absolute atomic E-state index is 12.2. The molecule has 1 atom stereocenters. The monoisotopic (exact) mass is 303 g/mol. The summed E-state index contributed by atoms with van der Waals surface area (Å²) in [7, 11) is 0. The summed E-state index contributed by atoms with van der Waals surface area (Å²) in [6.07, 6.45) is 2.05. The van der Waals surface area contributed by atoms with Gasteiger partial charge in [0.05, 0.1) is 5.54 Å². The van der Waals surface area contributed by atoms with E-state index in [2.05, 4.69) is 5.32 Å². The molecule has 2 rings (SSSR count). The molecule has 1 heterocycles. The van der Waals surface area contributed by atoms with Crippen LogP contribution in [0.15, 0.2) is 30.3 Å². The standard InChI is InChI=1S/C17H25N3O2/c1-17(2,18)16(22)19-14-10-11-20(12-14)15(21)9-8-13-6-4-3-5-7-13/h3-7,14H,8-12,18H2,1-2H3,(H,19,22). The maximum atomic E-state index is 12.2. The van der Waals surface area contributed by atoms with E-state index in [-0.39, 0.29) is 17.9 Å². The number of hydrogen-bond donors (Lipinski definition) is 2. The first kappa shape index (κ1) is 16.5. The average Bonchev–Trinajstić information content (AvgIpc) is 2.93. The number of nitrogens with two attached hydrogens (primary N) is 1. The molecule has 2 amide bonds. The van der Waals surface area contributed by atoms with Crippen molar-refractivity contribution < 1.29 is 9.59 Å². The predicted octanol–water partition coefficient (Wildman–Crippen LogP) is 1.07. The topological polar surface area (TPSA) is 75.4 Å². The van der Waals surface area contributed by atoms with Crippen molar-refractivity contribution in [3.63, 3.8) is 0 Å². The lowest BCUT2D eigenvalue weighted by molar-refractivity contribution is -0.130. The summed E-state index contributed by atoms with van der Waals surface area (Å²) in [6.45, 7) is 4.64. The molecule has 1 aliphatic heterocycles. The Hall–Kier alpha value is -1.88. The number of rotatable bonds is 5. The van der Waals surface area contributed by atoms with Gasteiger partial charge in [-0.15, -0.1) is 0 Å². The zero-order valence-corrected chi connectivity index (χ0v) is 13.3. The minimum Gasteiger partial charge on any atom is -0.350 e. The Morgan fingerprint density at radius 2 is 2.00 bits per heavy atom. The molecule has 0 aromatic heterocycles. The second-order valence-corrected chi connectivity index (χ2v) is 6.51. The molecule has 5 nitrogen and oxygen atoms in total. The van der Waals surface area contributed by atoms with Gasteiger partial charge < -0.3 is 16.0 Å². The highest BCUT2D eigenvalue weighted by Crippen LogP contribution is 2.13. The number of hydrogen-bond acceptors (Lipinski definition) is 3. The fraction of sp³-hybridized carbons (Fsp3) is 0.529. The minimum absolute atomic E-state index is 0.0102. The molecule has 0 radical (unpaired) electrons. The van der Waals surface area contributed by atoms with Gasteiger partial charge >= 0.3 is 0 Å². The van der Waals surface area contributed by atoms with Gasteiger partial charge in [0.15, 0.2) is 0 Å². The number of likely N-dealkylation sites (tertiary alicyclic amines) is 1. The number of benzene rings is 1. The zero-order valence-electron chi connectivity index (χ0n) is 13.3. The fourth-order valence-electron chi connectivity index (χ4n) is 2.53. The summed E-state index contributed by atoms with van der Waals surface area (Å²) in [5, 5.41) is 2.92. The molecule has 22 heavy (non-hydrogen) atoms. The van der Waals surface area contributed by atoms with E-state index in [1.807, 2.05) is 35.2 Å². The third-order valence-electron chi connectivity index (χ3n) is 3.93. The summed E-state index contributed by atoms with van der Waals surface area (Å²) >= 11 is 0. The fourth-order valence-corrected chi connectivity index (χ4v) is 2.53. The lowest BCUT2D eigenvalue weighted by Gasteiger charge is -2.22. The average molecular weight is 303 g/mol. The highest BCUT2D eigenvalue weighted by molar-refractivity contribution is 5.85. The van der Waals surface area contributed by atoms with Gasteiger partial charge in [-0.2, -0.15) is 0 Å². The van der Waals surface area contributed by atoms with E-state index in [1.165, 1.54) is 5.56 Å². The number of nitrogens with one attached hydrogen (secondary N) is 1. The molecule has 1 aliphatic rings. The molecule has 0 saturated carbocycles. The van der Waals surface area contributed by atoms with Crippen molar-refractivity contribution >= 4 is 11.8 Å². The van der Waals surface area contributed by atoms with Crippen molar-refractivity contribution in [1.82, 2.24) is 10.2 Å². The van der Waals surface area contributed by atoms with Crippen molar-refractivity contribution in [2.45, 2.75) is 44.7 Å². The molecular weight excluding hydrogens is 278 g/mol. The van der Waals surface area contributed by atoms with Gasteiger partial charge in [0.1, 0.15) is 0 Å². The van der Waals surface area contributed by atoms with E-state index in [9.17, 15) is 9.59 Å². The Morgan fingerprint density at radius 3 is 2.64 bits per heavy atom. The van der Waals surface area contributed by atoms with Crippen molar-refractivity contribution in [2.24, 2.45) is 5.73 Å². The van der Waals surface area contributed by atoms with Crippen LogP contribution in [0.25, 0.3) is 0 Å². The quantitative estimate of drug-likeness (QED) is 0.854. The summed E-state index contributed by atoms with van der Waals surface area (Å²) in [6, 6.07) is 10.0. The number of carbonyl (C=O) groups excluding carboxylic acids is 2. The molecule has 1 unspecified atom stereocenters. The van der Waals surface area contributed by atoms with Gasteiger partial charge in [0.25, 0.3) is 0 Å². The lowest BCUT2D eigenvalue weighted by atomic mass is 10.1. The third kappa shape index (κ3) is 4.56. The van der Waals surface area contributed by atoms with E-state index in [0.717, 1.165) is 12.8 Å².